The van der Waals surface area contributed by atoms with Crippen molar-refractivity contribution in [1.29, 1.82) is 0 Å². The molecule has 0 saturated carbocycles. The van der Waals surface area contributed by atoms with Crippen molar-refractivity contribution in [3.8, 4) is 11.5 Å². The average Bonchev–Trinajstić information content (AvgIpc) is 3.33. The van der Waals surface area contributed by atoms with Crippen molar-refractivity contribution in [3.05, 3.63) is 93.8 Å². The quantitative estimate of drug-likeness (QED) is 0.503. The normalized spacial score (nSPS) is 16.3. The minimum Gasteiger partial charge on any atom is -0.454 e. The van der Waals surface area contributed by atoms with Crippen molar-refractivity contribution in [2.24, 2.45) is 4.99 Å². The van der Waals surface area contributed by atoms with Crippen molar-refractivity contribution in [3.63, 3.8) is 0 Å². The van der Waals surface area contributed by atoms with Crippen molar-refractivity contribution in [2.45, 2.75) is 0 Å². The lowest BCUT2D eigenvalue weighted by molar-refractivity contribution is -0.113. The number of hydrogen-bond acceptors (Lipinski definition) is 4. The first-order valence-electron chi connectivity index (χ1n) is 9.14. The molecule has 0 atom stereocenters. The van der Waals surface area contributed by atoms with Gasteiger partial charge in [0, 0.05) is 10.0 Å². The van der Waals surface area contributed by atoms with E-state index in [0.717, 1.165) is 15.6 Å². The molecule has 2 heterocycles. The number of rotatable bonds is 3. The second-order valence-electron chi connectivity index (χ2n) is 6.71. The summed E-state index contributed by atoms with van der Waals surface area (Å²) < 4.78 is 25.5. The number of amidine groups is 1. The maximum absolute atomic E-state index is 13.9. The molecule has 5 rings (SSSR count). The molecule has 30 heavy (non-hydrogen) atoms. The molecular formula is C23H14BrFN2O3. The number of benzene rings is 3. The number of halogens is 2. The van der Waals surface area contributed by atoms with Gasteiger partial charge in [-0.05, 0) is 54.1 Å². The third-order valence-electron chi connectivity index (χ3n) is 4.73. The van der Waals surface area contributed by atoms with Gasteiger partial charge in [-0.25, -0.2) is 9.38 Å². The van der Waals surface area contributed by atoms with Crippen LogP contribution in [0.15, 0.2) is 81.9 Å². The van der Waals surface area contributed by atoms with E-state index >= 15 is 0 Å². The van der Waals surface area contributed by atoms with Crippen LogP contribution >= 0.6 is 15.9 Å². The molecule has 0 aliphatic carbocycles. The first-order chi connectivity index (χ1) is 14.6. The number of ether oxygens (including phenoxy) is 2. The van der Waals surface area contributed by atoms with Crippen LogP contribution < -0.4 is 14.4 Å². The van der Waals surface area contributed by atoms with E-state index in [1.54, 1.807) is 30.3 Å². The molecule has 0 aromatic heterocycles. The van der Waals surface area contributed by atoms with E-state index in [-0.39, 0.29) is 18.4 Å². The summed E-state index contributed by atoms with van der Waals surface area (Å²) >= 11 is 3.41. The Kier molecular flexibility index (Phi) is 4.59. The lowest BCUT2D eigenvalue weighted by Gasteiger charge is -2.18. The summed E-state index contributed by atoms with van der Waals surface area (Å²) in [5, 5.41) is 0. The zero-order valence-corrected chi connectivity index (χ0v) is 17.1. The van der Waals surface area contributed by atoms with Gasteiger partial charge in [0.2, 0.25) is 6.79 Å². The van der Waals surface area contributed by atoms with Crippen molar-refractivity contribution in [2.75, 3.05) is 11.7 Å². The van der Waals surface area contributed by atoms with Crippen molar-refractivity contribution in [1.82, 2.24) is 0 Å². The highest BCUT2D eigenvalue weighted by atomic mass is 79.9. The summed E-state index contributed by atoms with van der Waals surface area (Å²) in [6, 6.07) is 18.7. The third-order valence-corrected chi connectivity index (χ3v) is 5.26. The highest BCUT2D eigenvalue weighted by molar-refractivity contribution is 9.10. The van der Waals surface area contributed by atoms with E-state index in [4.69, 9.17) is 9.47 Å². The summed E-state index contributed by atoms with van der Waals surface area (Å²) in [7, 11) is 0. The third kappa shape index (κ3) is 3.37. The van der Waals surface area contributed by atoms with Crippen molar-refractivity contribution < 1.29 is 18.7 Å². The molecule has 0 saturated heterocycles. The van der Waals surface area contributed by atoms with Gasteiger partial charge in [0.25, 0.3) is 5.91 Å². The fourth-order valence-corrected chi connectivity index (χ4v) is 3.59. The topological polar surface area (TPSA) is 51.1 Å². The Hall–Kier alpha value is -3.45. The van der Waals surface area contributed by atoms with E-state index in [1.807, 2.05) is 30.3 Å². The maximum Gasteiger partial charge on any atom is 0.282 e. The smallest absolute Gasteiger partial charge is 0.282 e. The molecule has 0 fully saturated rings. The van der Waals surface area contributed by atoms with Gasteiger partial charge in [0.15, 0.2) is 11.5 Å². The second-order valence-corrected chi connectivity index (χ2v) is 7.62. The van der Waals surface area contributed by atoms with Gasteiger partial charge in [-0.15, -0.1) is 0 Å². The molecule has 3 aromatic rings. The minimum absolute atomic E-state index is 0.174. The molecule has 2 aliphatic heterocycles. The Bertz CT molecular complexity index is 1220. The SMILES string of the molecule is O=C1C(=Cc2ccc3c(c2)OCO3)N=C(c2ccc(Br)cc2)N1c1cccc(F)c1. The number of carbonyl (C=O) groups is 1. The molecule has 2 aliphatic rings. The van der Waals surface area contributed by atoms with Crippen LogP contribution in [0.2, 0.25) is 0 Å². The number of anilines is 1. The van der Waals surface area contributed by atoms with Crippen LogP contribution in [0, 0.1) is 5.82 Å². The molecular weight excluding hydrogens is 451 g/mol. The van der Waals surface area contributed by atoms with E-state index in [2.05, 4.69) is 20.9 Å². The average molecular weight is 465 g/mol. The molecule has 1 amide bonds. The molecule has 7 heteroatoms. The van der Waals surface area contributed by atoms with Crippen LogP contribution in [-0.4, -0.2) is 18.5 Å². The number of aliphatic imine (C=N–C) groups is 1. The van der Waals surface area contributed by atoms with Gasteiger partial charge >= 0.3 is 0 Å². The van der Waals surface area contributed by atoms with Gasteiger partial charge in [-0.3, -0.25) is 9.69 Å². The molecule has 0 N–H and O–H groups in total. The standard InChI is InChI=1S/C23H14BrFN2O3/c24-16-7-5-15(6-8-16)22-26-19(10-14-4-9-20-21(11-14)30-13-29-20)23(28)27(22)18-3-1-2-17(25)12-18/h1-12H,13H2. The minimum atomic E-state index is -0.427. The van der Waals surface area contributed by atoms with Crippen molar-refractivity contribution >= 4 is 39.4 Å². The lowest BCUT2D eigenvalue weighted by atomic mass is 10.1. The van der Waals surface area contributed by atoms with E-state index < -0.39 is 5.82 Å². The monoisotopic (exact) mass is 464 g/mol. The predicted molar refractivity (Wildman–Crippen MR) is 115 cm³/mol. The van der Waals surface area contributed by atoms with Crippen LogP contribution in [-0.2, 0) is 4.79 Å². The first kappa shape index (κ1) is 18.6. The number of amides is 1. The largest absolute Gasteiger partial charge is 0.454 e. The van der Waals surface area contributed by atoms with Crippen LogP contribution in [0.4, 0.5) is 10.1 Å². The zero-order chi connectivity index (χ0) is 20.7. The van der Waals surface area contributed by atoms with E-state index in [0.29, 0.717) is 23.0 Å². The van der Waals surface area contributed by atoms with Crippen LogP contribution in [0.3, 0.4) is 0 Å². The van der Waals surface area contributed by atoms with Gasteiger partial charge in [-0.1, -0.05) is 40.2 Å². The number of carbonyl (C=O) groups excluding carboxylic acids is 1. The Labute approximate surface area is 180 Å². The Morgan fingerprint density at radius 3 is 2.60 bits per heavy atom. The van der Waals surface area contributed by atoms with E-state index in [9.17, 15) is 9.18 Å². The van der Waals surface area contributed by atoms with Crippen LogP contribution in [0.1, 0.15) is 11.1 Å². The van der Waals surface area contributed by atoms with Gasteiger partial charge in [0.1, 0.15) is 17.3 Å². The molecule has 0 unspecified atom stereocenters. The molecule has 3 aromatic carbocycles. The van der Waals surface area contributed by atoms with Gasteiger partial charge < -0.3 is 9.47 Å². The number of hydrogen-bond donors (Lipinski definition) is 0. The van der Waals surface area contributed by atoms with Gasteiger partial charge in [-0.2, -0.15) is 0 Å². The van der Waals surface area contributed by atoms with Crippen LogP contribution in [0.5, 0.6) is 11.5 Å². The number of nitrogens with zero attached hydrogens (tertiary/aromatic N) is 2. The first-order valence-corrected chi connectivity index (χ1v) is 9.94. The summed E-state index contributed by atoms with van der Waals surface area (Å²) in [4.78, 5) is 19.3. The number of fused-ring (bicyclic) bond motifs is 1. The molecule has 0 radical (unpaired) electrons. The molecule has 0 spiro atoms. The summed E-state index contributed by atoms with van der Waals surface area (Å²) in [6.07, 6.45) is 1.68. The fourth-order valence-electron chi connectivity index (χ4n) is 3.32. The molecule has 5 nitrogen and oxygen atoms in total. The summed E-state index contributed by atoms with van der Waals surface area (Å²) in [6.45, 7) is 0.174. The molecule has 0 bridgehead atoms. The Morgan fingerprint density at radius 2 is 1.80 bits per heavy atom. The summed E-state index contributed by atoms with van der Waals surface area (Å²) in [5.41, 5.74) is 2.15. The highest BCUT2D eigenvalue weighted by Crippen LogP contribution is 2.34. The van der Waals surface area contributed by atoms with Crippen LogP contribution in [0.25, 0.3) is 6.08 Å². The zero-order valence-electron chi connectivity index (χ0n) is 15.5. The van der Waals surface area contributed by atoms with E-state index in [1.165, 1.54) is 17.0 Å². The highest BCUT2D eigenvalue weighted by Gasteiger charge is 2.32. The maximum atomic E-state index is 13.9. The fraction of sp³-hybridized carbons (Fsp3) is 0.0435. The lowest BCUT2D eigenvalue weighted by Crippen LogP contribution is -2.32. The molecule has 148 valence electrons. The predicted octanol–water partition coefficient (Wildman–Crippen LogP) is 5.15. The Morgan fingerprint density at radius 1 is 1.00 bits per heavy atom. The van der Waals surface area contributed by atoms with Gasteiger partial charge in [0.05, 0.1) is 5.69 Å². The summed E-state index contributed by atoms with van der Waals surface area (Å²) in [5.74, 6) is 0.953. The second kappa shape index (κ2) is 7.42. The Balaban J connectivity index is 1.60.